The topological polar surface area (TPSA) is 60.5 Å². The maximum Gasteiger partial charge on any atom is 0.410 e. The van der Waals surface area contributed by atoms with E-state index in [0.717, 1.165) is 12.8 Å². The van der Waals surface area contributed by atoms with Gasteiger partial charge in [0.2, 0.25) is 0 Å². The summed E-state index contributed by atoms with van der Waals surface area (Å²) in [6.07, 6.45) is 1.58. The Morgan fingerprint density at radius 1 is 1.17 bits per heavy atom. The van der Waals surface area contributed by atoms with Gasteiger partial charge in [-0.25, -0.2) is 9.18 Å². The number of ether oxygens (including phenoxy) is 4. The second-order valence-corrected chi connectivity index (χ2v) is 11.0. The van der Waals surface area contributed by atoms with E-state index in [0.29, 0.717) is 53.8 Å². The van der Waals surface area contributed by atoms with Crippen molar-refractivity contribution in [2.24, 2.45) is 0 Å². The van der Waals surface area contributed by atoms with E-state index in [4.69, 9.17) is 30.5 Å². The van der Waals surface area contributed by atoms with Gasteiger partial charge in [-0.05, 0) is 51.8 Å². The molecule has 0 aromatic heterocycles. The Balaban J connectivity index is 1.48. The van der Waals surface area contributed by atoms with Gasteiger partial charge in [0.05, 0.1) is 29.8 Å². The molecule has 1 atom stereocenters. The standard InChI is InChI=1S/C27H32ClFN2O5/c1-27(2,3)36-26(32)31-11-10-30-13-16-12-21(35-18-8-9-18)23(22-19(28)6-5-7-20(22)33-4)24(29)25(16)34-15-17(30)14-31/h5-7,12,17-18H,8-11,13-15H2,1-4H3. The number of nitrogens with zero attached hydrogens (tertiary/aromatic N) is 2. The summed E-state index contributed by atoms with van der Waals surface area (Å²) >= 11 is 6.54. The SMILES string of the molecule is COc1cccc(Cl)c1-c1c(OC2CC2)cc2c(c1F)OCC1CN(C(=O)OC(C)(C)C)CCN1C2. The molecule has 2 fully saturated rings. The molecule has 1 amide bonds. The molecule has 9 heteroatoms. The van der Waals surface area contributed by atoms with Crippen LogP contribution in [0.5, 0.6) is 17.2 Å². The van der Waals surface area contributed by atoms with Gasteiger partial charge >= 0.3 is 6.09 Å². The smallest absolute Gasteiger partial charge is 0.410 e. The van der Waals surface area contributed by atoms with E-state index in [1.54, 1.807) is 23.1 Å². The molecule has 0 bridgehead atoms. The number of rotatable bonds is 4. The Labute approximate surface area is 216 Å². The van der Waals surface area contributed by atoms with Crippen LogP contribution in [0.3, 0.4) is 0 Å². The Bertz CT molecular complexity index is 1160. The number of halogens is 2. The van der Waals surface area contributed by atoms with Crippen molar-refractivity contribution in [2.45, 2.75) is 57.9 Å². The zero-order valence-corrected chi connectivity index (χ0v) is 21.9. The maximum absolute atomic E-state index is 16.3. The van der Waals surface area contributed by atoms with Crippen molar-refractivity contribution < 1.29 is 28.1 Å². The molecule has 1 saturated carbocycles. The van der Waals surface area contributed by atoms with Crippen molar-refractivity contribution >= 4 is 17.7 Å². The van der Waals surface area contributed by atoms with E-state index in [-0.39, 0.29) is 36.2 Å². The van der Waals surface area contributed by atoms with Gasteiger partial charge in [0.25, 0.3) is 0 Å². The quantitative estimate of drug-likeness (QED) is 0.532. The molecular weight excluding hydrogens is 487 g/mol. The van der Waals surface area contributed by atoms with Gasteiger partial charge < -0.3 is 23.8 Å². The summed E-state index contributed by atoms with van der Waals surface area (Å²) in [6.45, 7) is 7.88. The van der Waals surface area contributed by atoms with Crippen LogP contribution in [0.2, 0.25) is 5.02 Å². The minimum absolute atomic E-state index is 0.0616. The third-order valence-corrected chi connectivity index (χ3v) is 6.89. The number of piperazine rings is 1. The number of carbonyl (C=O) groups excluding carboxylic acids is 1. The molecule has 3 aliphatic rings. The average molecular weight is 519 g/mol. The zero-order chi connectivity index (χ0) is 25.6. The maximum atomic E-state index is 16.3. The summed E-state index contributed by atoms with van der Waals surface area (Å²) < 4.78 is 39.6. The predicted octanol–water partition coefficient (Wildman–Crippen LogP) is 5.51. The lowest BCUT2D eigenvalue weighted by atomic mass is 9.99. The molecule has 0 radical (unpaired) electrons. The lowest BCUT2D eigenvalue weighted by Gasteiger charge is -2.40. The average Bonchev–Trinajstić information content (AvgIpc) is 3.64. The highest BCUT2D eigenvalue weighted by molar-refractivity contribution is 6.33. The molecule has 2 aromatic rings. The number of benzene rings is 2. The van der Waals surface area contributed by atoms with Gasteiger partial charge in [0.15, 0.2) is 11.6 Å². The lowest BCUT2D eigenvalue weighted by molar-refractivity contribution is -0.00164. The number of hydrogen-bond donors (Lipinski definition) is 0. The molecule has 1 saturated heterocycles. The van der Waals surface area contributed by atoms with Crippen molar-refractivity contribution in [3.05, 3.63) is 40.7 Å². The normalized spacial score (nSPS) is 20.1. The molecule has 0 spiro atoms. The molecule has 7 nitrogen and oxygen atoms in total. The monoisotopic (exact) mass is 518 g/mol. The summed E-state index contributed by atoms with van der Waals surface area (Å²) in [7, 11) is 1.53. The Morgan fingerprint density at radius 2 is 1.94 bits per heavy atom. The van der Waals surface area contributed by atoms with Crippen LogP contribution in [-0.4, -0.2) is 67.0 Å². The van der Waals surface area contributed by atoms with Crippen molar-refractivity contribution in [3.63, 3.8) is 0 Å². The van der Waals surface area contributed by atoms with E-state index >= 15 is 4.39 Å². The van der Waals surface area contributed by atoms with Gasteiger partial charge in [-0.2, -0.15) is 0 Å². The summed E-state index contributed by atoms with van der Waals surface area (Å²) in [5, 5.41) is 0.368. The third-order valence-electron chi connectivity index (χ3n) is 6.58. The predicted molar refractivity (Wildman–Crippen MR) is 135 cm³/mol. The highest BCUT2D eigenvalue weighted by Crippen LogP contribution is 2.48. The van der Waals surface area contributed by atoms with Crippen LogP contribution in [-0.2, 0) is 11.3 Å². The highest BCUT2D eigenvalue weighted by Gasteiger charge is 2.37. The van der Waals surface area contributed by atoms with E-state index in [9.17, 15) is 4.79 Å². The van der Waals surface area contributed by atoms with E-state index in [1.807, 2.05) is 26.8 Å². The van der Waals surface area contributed by atoms with E-state index < -0.39 is 11.4 Å². The Kier molecular flexibility index (Phi) is 6.68. The Morgan fingerprint density at radius 3 is 2.64 bits per heavy atom. The number of carbonyl (C=O) groups is 1. The molecular formula is C27H32ClFN2O5. The molecule has 5 rings (SSSR count). The van der Waals surface area contributed by atoms with Crippen LogP contribution in [0.4, 0.5) is 9.18 Å². The van der Waals surface area contributed by atoms with E-state index in [2.05, 4.69) is 4.90 Å². The zero-order valence-electron chi connectivity index (χ0n) is 21.1. The van der Waals surface area contributed by atoms with Crippen LogP contribution in [0.25, 0.3) is 11.1 Å². The van der Waals surface area contributed by atoms with Crippen LogP contribution in [0, 0.1) is 5.82 Å². The fourth-order valence-electron chi connectivity index (χ4n) is 4.69. The number of fused-ring (bicyclic) bond motifs is 2. The first-order valence-corrected chi connectivity index (χ1v) is 12.7. The van der Waals surface area contributed by atoms with E-state index in [1.165, 1.54) is 7.11 Å². The minimum atomic E-state index is -0.568. The van der Waals surface area contributed by atoms with Crippen LogP contribution in [0.1, 0.15) is 39.2 Å². The number of hydrogen-bond acceptors (Lipinski definition) is 6. The van der Waals surface area contributed by atoms with Crippen LogP contribution < -0.4 is 14.2 Å². The highest BCUT2D eigenvalue weighted by atomic mass is 35.5. The lowest BCUT2D eigenvalue weighted by Crippen LogP contribution is -2.56. The second kappa shape index (κ2) is 9.63. The van der Waals surface area contributed by atoms with Crippen molar-refractivity contribution in [2.75, 3.05) is 33.4 Å². The summed E-state index contributed by atoms with van der Waals surface area (Å²) in [5.74, 6) is 0.572. The largest absolute Gasteiger partial charge is 0.496 e. The first-order valence-electron chi connectivity index (χ1n) is 12.3. The summed E-state index contributed by atoms with van der Waals surface area (Å²) in [4.78, 5) is 16.6. The van der Waals surface area contributed by atoms with Gasteiger partial charge in [0, 0.05) is 37.3 Å². The van der Waals surface area contributed by atoms with Crippen LogP contribution >= 0.6 is 11.6 Å². The number of amides is 1. The fraction of sp³-hybridized carbons (Fsp3) is 0.519. The van der Waals surface area contributed by atoms with Crippen molar-refractivity contribution in [3.8, 4) is 28.4 Å². The molecule has 36 heavy (non-hydrogen) atoms. The van der Waals surface area contributed by atoms with Crippen molar-refractivity contribution in [1.82, 2.24) is 9.80 Å². The first-order chi connectivity index (χ1) is 17.1. The molecule has 2 heterocycles. The van der Waals surface area contributed by atoms with Crippen molar-refractivity contribution in [1.29, 1.82) is 0 Å². The molecule has 1 unspecified atom stereocenters. The molecule has 1 aliphatic carbocycles. The molecule has 194 valence electrons. The van der Waals surface area contributed by atoms with Gasteiger partial charge in [-0.3, -0.25) is 4.90 Å². The fourth-order valence-corrected chi connectivity index (χ4v) is 4.95. The first kappa shape index (κ1) is 25.0. The molecule has 2 aliphatic heterocycles. The number of methoxy groups -OCH3 is 1. The second-order valence-electron chi connectivity index (χ2n) is 10.5. The van der Waals surface area contributed by atoms with Crippen LogP contribution in [0.15, 0.2) is 24.3 Å². The third kappa shape index (κ3) is 5.06. The Hall–Kier alpha value is -2.71. The van der Waals surface area contributed by atoms with Gasteiger partial charge in [0.1, 0.15) is 23.7 Å². The minimum Gasteiger partial charge on any atom is -0.496 e. The summed E-state index contributed by atoms with van der Waals surface area (Å²) in [5.41, 5.74) is 0.838. The van der Waals surface area contributed by atoms with Gasteiger partial charge in [-0.15, -0.1) is 0 Å². The van der Waals surface area contributed by atoms with Gasteiger partial charge in [-0.1, -0.05) is 17.7 Å². The summed E-state index contributed by atoms with van der Waals surface area (Å²) in [6, 6.07) is 7.00. The molecule has 0 N–H and O–H groups in total. The molecule has 2 aromatic carbocycles.